The van der Waals surface area contributed by atoms with Gasteiger partial charge in [0.2, 0.25) is 5.91 Å². The Labute approximate surface area is 128 Å². The third-order valence-corrected chi connectivity index (χ3v) is 4.65. The van der Waals surface area contributed by atoms with Crippen LogP contribution in [0.3, 0.4) is 0 Å². The molecule has 0 saturated carbocycles. The van der Waals surface area contributed by atoms with E-state index in [1.54, 1.807) is 4.90 Å². The first kappa shape index (κ1) is 18.0. The normalized spacial score (nSPS) is 27.0. The zero-order valence-electron chi connectivity index (χ0n) is 14.2. The van der Waals surface area contributed by atoms with Crippen LogP contribution in [0.1, 0.15) is 48.0 Å². The third kappa shape index (κ3) is 4.19. The Kier molecular flexibility index (Phi) is 6.20. The Morgan fingerprint density at radius 3 is 2.24 bits per heavy atom. The summed E-state index contributed by atoms with van der Waals surface area (Å²) in [4.78, 5) is 27.8. The number of carbonyl (C=O) groups is 2. The fraction of sp³-hybridized carbons (Fsp3) is 0.875. The molecule has 5 nitrogen and oxygen atoms in total. The maximum absolute atomic E-state index is 12.2. The van der Waals surface area contributed by atoms with Crippen LogP contribution < -0.4 is 0 Å². The maximum Gasteiger partial charge on any atom is 0.308 e. The predicted octanol–water partition coefficient (Wildman–Crippen LogP) is 2.06. The van der Waals surface area contributed by atoms with Gasteiger partial charge in [-0.1, -0.05) is 6.92 Å². The Balaban J connectivity index is 2.76. The highest BCUT2D eigenvalue weighted by molar-refractivity contribution is 5.81. The van der Waals surface area contributed by atoms with Crippen molar-refractivity contribution >= 4 is 11.9 Å². The van der Waals surface area contributed by atoms with Gasteiger partial charge in [-0.25, -0.2) is 0 Å². The fourth-order valence-corrected chi connectivity index (χ4v) is 3.53. The largest absolute Gasteiger partial charge is 0.481 e. The smallest absolute Gasteiger partial charge is 0.308 e. The van der Waals surface area contributed by atoms with Crippen molar-refractivity contribution in [1.82, 2.24) is 9.80 Å². The van der Waals surface area contributed by atoms with Crippen molar-refractivity contribution in [2.45, 2.75) is 66.1 Å². The lowest BCUT2D eigenvalue weighted by atomic mass is 9.81. The van der Waals surface area contributed by atoms with Gasteiger partial charge in [0.05, 0.1) is 5.92 Å². The number of likely N-dealkylation sites (tertiary alicyclic amines) is 1. The van der Waals surface area contributed by atoms with E-state index in [1.165, 1.54) is 0 Å². The molecule has 1 rings (SSSR count). The summed E-state index contributed by atoms with van der Waals surface area (Å²) in [6, 6.07) is 0.587. The number of amides is 1. The number of hydrogen-bond donors (Lipinski definition) is 1. The van der Waals surface area contributed by atoms with Crippen molar-refractivity contribution < 1.29 is 14.7 Å². The van der Waals surface area contributed by atoms with Gasteiger partial charge in [0.1, 0.15) is 0 Å². The van der Waals surface area contributed by atoms with Gasteiger partial charge >= 0.3 is 5.97 Å². The lowest BCUT2D eigenvalue weighted by Gasteiger charge is -2.42. The molecule has 0 aromatic carbocycles. The van der Waals surface area contributed by atoms with Gasteiger partial charge in [0.25, 0.3) is 0 Å². The summed E-state index contributed by atoms with van der Waals surface area (Å²) >= 11 is 0. The van der Waals surface area contributed by atoms with Crippen LogP contribution in [-0.4, -0.2) is 58.0 Å². The van der Waals surface area contributed by atoms with Crippen LogP contribution in [0.25, 0.3) is 0 Å². The molecule has 1 N–H and O–H groups in total. The van der Waals surface area contributed by atoms with E-state index in [9.17, 15) is 14.7 Å². The topological polar surface area (TPSA) is 60.9 Å². The highest BCUT2D eigenvalue weighted by atomic mass is 16.4. The standard InChI is InChI=1S/C16H30N2O3/c1-10(2)17(11(3)4)7-8-18-13(6)15(16(20)21)12(5)9-14(18)19/h10-13,15H,7-9H2,1-6H3,(H,20,21). The van der Waals surface area contributed by atoms with Crippen LogP contribution in [0.4, 0.5) is 0 Å². The number of carbonyl (C=O) groups excluding carboxylic acids is 1. The van der Waals surface area contributed by atoms with E-state index >= 15 is 0 Å². The van der Waals surface area contributed by atoms with Crippen LogP contribution in [-0.2, 0) is 9.59 Å². The summed E-state index contributed by atoms with van der Waals surface area (Å²) < 4.78 is 0. The van der Waals surface area contributed by atoms with Crippen LogP contribution in [0.5, 0.6) is 0 Å². The second-order valence-corrected chi connectivity index (χ2v) is 6.80. The van der Waals surface area contributed by atoms with Crippen molar-refractivity contribution in [3.8, 4) is 0 Å². The van der Waals surface area contributed by atoms with Crippen LogP contribution in [0.2, 0.25) is 0 Å². The molecule has 5 heteroatoms. The first-order valence-electron chi connectivity index (χ1n) is 7.94. The lowest BCUT2D eigenvalue weighted by molar-refractivity contribution is -0.155. The molecule has 1 amide bonds. The molecule has 1 aliphatic rings. The SMILES string of the molecule is CC1CC(=O)N(CCN(C(C)C)C(C)C)C(C)C1C(=O)O. The third-order valence-electron chi connectivity index (χ3n) is 4.65. The summed E-state index contributed by atoms with van der Waals surface area (Å²) in [7, 11) is 0. The number of carboxylic acid groups (broad SMARTS) is 1. The average Bonchev–Trinajstić information content (AvgIpc) is 2.31. The minimum Gasteiger partial charge on any atom is -0.481 e. The fourth-order valence-electron chi connectivity index (χ4n) is 3.53. The molecule has 1 aliphatic heterocycles. The highest BCUT2D eigenvalue weighted by Crippen LogP contribution is 2.30. The van der Waals surface area contributed by atoms with E-state index in [4.69, 9.17) is 0 Å². The molecule has 0 spiro atoms. The van der Waals surface area contributed by atoms with Crippen LogP contribution in [0, 0.1) is 11.8 Å². The molecule has 0 aromatic heterocycles. The second-order valence-electron chi connectivity index (χ2n) is 6.80. The van der Waals surface area contributed by atoms with E-state index < -0.39 is 11.9 Å². The lowest BCUT2D eigenvalue weighted by Crippen LogP contribution is -2.55. The predicted molar refractivity (Wildman–Crippen MR) is 83.1 cm³/mol. The van der Waals surface area contributed by atoms with Gasteiger partial charge in [-0.3, -0.25) is 14.5 Å². The molecule has 0 aliphatic carbocycles. The van der Waals surface area contributed by atoms with E-state index in [0.717, 1.165) is 6.54 Å². The number of piperidine rings is 1. The molecule has 21 heavy (non-hydrogen) atoms. The molecule has 122 valence electrons. The molecule has 3 unspecified atom stereocenters. The molecular weight excluding hydrogens is 268 g/mol. The van der Waals surface area contributed by atoms with Crippen molar-refractivity contribution in [1.29, 1.82) is 0 Å². The molecule has 0 aromatic rings. The van der Waals surface area contributed by atoms with Gasteiger partial charge in [-0.2, -0.15) is 0 Å². The first-order valence-corrected chi connectivity index (χ1v) is 7.94. The monoisotopic (exact) mass is 298 g/mol. The minimum atomic E-state index is -0.794. The van der Waals surface area contributed by atoms with E-state index in [0.29, 0.717) is 25.0 Å². The summed E-state index contributed by atoms with van der Waals surface area (Å²) in [6.07, 6.45) is 0.338. The van der Waals surface area contributed by atoms with E-state index in [-0.39, 0.29) is 17.9 Å². The summed E-state index contributed by atoms with van der Waals surface area (Å²) in [6.45, 7) is 13.7. The number of aliphatic carboxylic acids is 1. The number of rotatable bonds is 6. The summed E-state index contributed by atoms with van der Waals surface area (Å²) in [5, 5.41) is 9.39. The van der Waals surface area contributed by atoms with Crippen LogP contribution in [0.15, 0.2) is 0 Å². The van der Waals surface area contributed by atoms with Gasteiger partial charge < -0.3 is 10.0 Å². The van der Waals surface area contributed by atoms with Crippen molar-refractivity contribution in [2.24, 2.45) is 11.8 Å². The van der Waals surface area contributed by atoms with Gasteiger partial charge in [-0.15, -0.1) is 0 Å². The van der Waals surface area contributed by atoms with E-state index in [2.05, 4.69) is 32.6 Å². The van der Waals surface area contributed by atoms with Crippen molar-refractivity contribution in [3.05, 3.63) is 0 Å². The van der Waals surface area contributed by atoms with E-state index in [1.807, 2.05) is 13.8 Å². The molecule has 1 heterocycles. The molecule has 0 radical (unpaired) electrons. The van der Waals surface area contributed by atoms with Gasteiger partial charge in [-0.05, 0) is 40.5 Å². The van der Waals surface area contributed by atoms with Gasteiger partial charge in [0, 0.05) is 37.6 Å². The Hall–Kier alpha value is -1.10. The van der Waals surface area contributed by atoms with Crippen molar-refractivity contribution in [2.75, 3.05) is 13.1 Å². The molecule has 1 fully saturated rings. The molecule has 3 atom stereocenters. The quantitative estimate of drug-likeness (QED) is 0.815. The number of carboxylic acids is 1. The minimum absolute atomic E-state index is 0.0833. The average molecular weight is 298 g/mol. The zero-order valence-corrected chi connectivity index (χ0v) is 14.2. The molecule has 0 bridgehead atoms. The maximum atomic E-state index is 12.2. The summed E-state index contributed by atoms with van der Waals surface area (Å²) in [5.41, 5.74) is 0. The summed E-state index contributed by atoms with van der Waals surface area (Å²) in [5.74, 6) is -1.26. The van der Waals surface area contributed by atoms with Crippen LogP contribution >= 0.6 is 0 Å². The zero-order chi connectivity index (χ0) is 16.3. The van der Waals surface area contributed by atoms with Crippen molar-refractivity contribution in [3.63, 3.8) is 0 Å². The Morgan fingerprint density at radius 1 is 1.29 bits per heavy atom. The second kappa shape index (κ2) is 7.25. The number of nitrogens with zero attached hydrogens (tertiary/aromatic N) is 2. The number of hydrogen-bond acceptors (Lipinski definition) is 3. The Morgan fingerprint density at radius 2 is 1.81 bits per heavy atom. The highest BCUT2D eigenvalue weighted by Gasteiger charge is 2.41. The first-order chi connectivity index (χ1) is 9.66. The Bertz CT molecular complexity index is 374. The molecule has 1 saturated heterocycles. The molecular formula is C16H30N2O3. The van der Waals surface area contributed by atoms with Gasteiger partial charge in [0.15, 0.2) is 0 Å².